The van der Waals surface area contributed by atoms with Crippen LogP contribution >= 0.6 is 11.3 Å². The van der Waals surface area contributed by atoms with Crippen molar-refractivity contribution in [3.05, 3.63) is 34.4 Å². The van der Waals surface area contributed by atoms with E-state index in [1.165, 1.54) is 11.3 Å². The zero-order valence-electron chi connectivity index (χ0n) is 21.0. The fourth-order valence-electron chi connectivity index (χ4n) is 4.73. The molecular formula is C24H31N7O3S. The first-order chi connectivity index (χ1) is 16.5. The molecule has 186 valence electrons. The number of aromatic nitrogens is 4. The van der Waals surface area contributed by atoms with Gasteiger partial charge >= 0.3 is 6.09 Å². The second kappa shape index (κ2) is 8.56. The molecule has 35 heavy (non-hydrogen) atoms. The van der Waals surface area contributed by atoms with Crippen LogP contribution < -0.4 is 0 Å². The number of hydrogen-bond donors (Lipinski definition) is 0. The van der Waals surface area contributed by atoms with Gasteiger partial charge in [-0.25, -0.2) is 24.8 Å². The lowest BCUT2D eigenvalue weighted by Crippen LogP contribution is -2.56. The normalized spacial score (nSPS) is 17.8. The van der Waals surface area contributed by atoms with Crippen molar-refractivity contribution in [3.63, 3.8) is 0 Å². The van der Waals surface area contributed by atoms with Crippen LogP contribution in [0.15, 0.2) is 12.4 Å². The van der Waals surface area contributed by atoms with E-state index in [4.69, 9.17) is 14.7 Å². The molecule has 5 heterocycles. The molecule has 0 atom stereocenters. The molecule has 0 saturated carbocycles. The predicted octanol–water partition coefficient (Wildman–Crippen LogP) is 3.67. The zero-order valence-corrected chi connectivity index (χ0v) is 21.8. The molecule has 0 radical (unpaired) electrons. The zero-order chi connectivity index (χ0) is 25.1. The average molecular weight is 498 g/mol. The Balaban J connectivity index is 1.34. The van der Waals surface area contributed by atoms with Crippen LogP contribution in [-0.4, -0.2) is 78.1 Å². The van der Waals surface area contributed by atoms with Gasteiger partial charge in [-0.05, 0) is 47.5 Å². The third-order valence-corrected chi connectivity index (χ3v) is 7.36. The third-order valence-electron chi connectivity index (χ3n) is 6.25. The number of aryl methyl sites for hydroxylation is 2. The standard InChI is InChI=1S/C24H31N7O3S/c1-14-11-30-13-18(26-15(2)20(30)25-14)21-27-17-12-28(6)31(22(32)19(17)35-21)16-7-9-29(10-8-16)23(33)34-24(3,4)5/h11,13,16H,7-10,12H2,1-6H3. The van der Waals surface area contributed by atoms with Gasteiger partial charge in [-0.15, -0.1) is 11.3 Å². The highest BCUT2D eigenvalue weighted by atomic mass is 32.1. The molecule has 3 aromatic rings. The van der Waals surface area contributed by atoms with Crippen molar-refractivity contribution in [1.29, 1.82) is 0 Å². The molecule has 5 rings (SSSR count). The number of amides is 2. The molecule has 0 unspecified atom stereocenters. The maximum Gasteiger partial charge on any atom is 0.410 e. The molecule has 0 aliphatic carbocycles. The summed E-state index contributed by atoms with van der Waals surface area (Å²) >= 11 is 1.39. The Kier molecular flexibility index (Phi) is 5.79. The topological polar surface area (TPSA) is 96.2 Å². The Labute approximate surface area is 208 Å². The summed E-state index contributed by atoms with van der Waals surface area (Å²) in [5.41, 5.74) is 3.57. The number of rotatable bonds is 2. The van der Waals surface area contributed by atoms with Crippen LogP contribution in [0, 0.1) is 13.8 Å². The van der Waals surface area contributed by atoms with Crippen molar-refractivity contribution in [3.8, 4) is 10.7 Å². The first-order valence-corrected chi connectivity index (χ1v) is 12.7. The second-order valence-corrected chi connectivity index (χ2v) is 11.3. The van der Waals surface area contributed by atoms with E-state index in [1.807, 2.05) is 68.5 Å². The van der Waals surface area contributed by atoms with Crippen LogP contribution in [0.1, 0.15) is 60.4 Å². The molecule has 0 aromatic carbocycles. The largest absolute Gasteiger partial charge is 0.444 e. The van der Waals surface area contributed by atoms with E-state index in [1.54, 1.807) is 4.90 Å². The summed E-state index contributed by atoms with van der Waals surface area (Å²) < 4.78 is 7.47. The number of imidazole rings is 1. The van der Waals surface area contributed by atoms with Gasteiger partial charge in [-0.1, -0.05) is 0 Å². The fraction of sp³-hybridized carbons (Fsp3) is 0.542. The lowest BCUT2D eigenvalue weighted by atomic mass is 10.0. The molecule has 2 amide bonds. The van der Waals surface area contributed by atoms with Crippen LogP contribution in [0.4, 0.5) is 4.79 Å². The van der Waals surface area contributed by atoms with Crippen LogP contribution in [0.3, 0.4) is 0 Å². The second-order valence-electron chi connectivity index (χ2n) is 10.3. The van der Waals surface area contributed by atoms with Crippen molar-refractivity contribution in [2.45, 2.75) is 65.6 Å². The van der Waals surface area contributed by atoms with Gasteiger partial charge in [0.25, 0.3) is 5.91 Å². The lowest BCUT2D eigenvalue weighted by Gasteiger charge is -2.44. The van der Waals surface area contributed by atoms with E-state index in [0.29, 0.717) is 37.4 Å². The number of likely N-dealkylation sites (tertiary alicyclic amines) is 1. The minimum absolute atomic E-state index is 0.0236. The number of carbonyl (C=O) groups is 2. The maximum atomic E-state index is 13.6. The van der Waals surface area contributed by atoms with E-state index >= 15 is 0 Å². The van der Waals surface area contributed by atoms with Gasteiger partial charge in [0.1, 0.15) is 21.2 Å². The number of carbonyl (C=O) groups excluding carboxylic acids is 2. The highest BCUT2D eigenvalue weighted by Crippen LogP contribution is 2.34. The Morgan fingerprint density at radius 1 is 1.11 bits per heavy atom. The first kappa shape index (κ1) is 23.7. The van der Waals surface area contributed by atoms with Crippen LogP contribution in [0.2, 0.25) is 0 Å². The maximum absolute atomic E-state index is 13.6. The molecule has 2 aliphatic rings. The van der Waals surface area contributed by atoms with Gasteiger partial charge in [0, 0.05) is 32.5 Å². The molecule has 3 aromatic heterocycles. The van der Waals surface area contributed by atoms with Crippen molar-refractivity contribution in [2.24, 2.45) is 0 Å². The van der Waals surface area contributed by atoms with Gasteiger partial charge in [-0.2, -0.15) is 0 Å². The molecule has 1 saturated heterocycles. The SMILES string of the molecule is Cc1cn2cc(-c3nc4c(s3)C(=O)N(C3CCN(C(=O)OC(C)(C)C)CC3)N(C)C4)nc(C)c2n1. The summed E-state index contributed by atoms with van der Waals surface area (Å²) in [4.78, 5) is 42.4. The van der Waals surface area contributed by atoms with Crippen molar-refractivity contribution >= 4 is 29.0 Å². The Morgan fingerprint density at radius 3 is 2.51 bits per heavy atom. The molecule has 10 nitrogen and oxygen atoms in total. The molecule has 0 spiro atoms. The quantitative estimate of drug-likeness (QED) is 0.533. The number of piperidine rings is 1. The summed E-state index contributed by atoms with van der Waals surface area (Å²) in [5.74, 6) is -0.0375. The summed E-state index contributed by atoms with van der Waals surface area (Å²) in [5, 5.41) is 4.52. The Hall–Kier alpha value is -3.05. The van der Waals surface area contributed by atoms with Crippen molar-refractivity contribution in [2.75, 3.05) is 20.1 Å². The van der Waals surface area contributed by atoms with Crippen molar-refractivity contribution < 1.29 is 14.3 Å². The van der Waals surface area contributed by atoms with Gasteiger partial charge < -0.3 is 14.0 Å². The van der Waals surface area contributed by atoms with E-state index in [-0.39, 0.29) is 18.0 Å². The first-order valence-electron chi connectivity index (χ1n) is 11.9. The summed E-state index contributed by atoms with van der Waals surface area (Å²) in [7, 11) is 1.92. The minimum Gasteiger partial charge on any atom is -0.444 e. The number of fused-ring (bicyclic) bond motifs is 2. The predicted molar refractivity (Wildman–Crippen MR) is 132 cm³/mol. The number of hydrazine groups is 1. The Morgan fingerprint density at radius 2 is 1.83 bits per heavy atom. The van der Waals surface area contributed by atoms with Gasteiger partial charge in [-0.3, -0.25) is 9.80 Å². The molecule has 2 aliphatic heterocycles. The number of hydrogen-bond acceptors (Lipinski definition) is 8. The van der Waals surface area contributed by atoms with E-state index in [9.17, 15) is 9.59 Å². The van der Waals surface area contributed by atoms with E-state index < -0.39 is 5.60 Å². The fourth-order valence-corrected chi connectivity index (χ4v) is 5.69. The molecule has 0 N–H and O–H groups in total. The number of nitrogens with zero attached hydrogens (tertiary/aromatic N) is 7. The molecular weight excluding hydrogens is 466 g/mol. The highest BCUT2D eigenvalue weighted by Gasteiger charge is 2.39. The molecule has 0 bridgehead atoms. The van der Waals surface area contributed by atoms with Gasteiger partial charge in [0.05, 0.1) is 29.7 Å². The van der Waals surface area contributed by atoms with Gasteiger partial charge in [0.2, 0.25) is 0 Å². The van der Waals surface area contributed by atoms with Crippen LogP contribution in [0.25, 0.3) is 16.3 Å². The summed E-state index contributed by atoms with van der Waals surface area (Å²) in [6.45, 7) is 11.2. The molecule has 1 fully saturated rings. The molecule has 11 heteroatoms. The van der Waals surface area contributed by atoms with E-state index in [2.05, 4.69) is 4.98 Å². The van der Waals surface area contributed by atoms with Crippen LogP contribution in [0.5, 0.6) is 0 Å². The summed E-state index contributed by atoms with van der Waals surface area (Å²) in [6.07, 6.45) is 4.99. The number of thiazole rings is 1. The van der Waals surface area contributed by atoms with Gasteiger partial charge in [0.15, 0.2) is 5.65 Å². The third kappa shape index (κ3) is 4.50. The number of ether oxygens (including phenoxy) is 1. The minimum atomic E-state index is -0.522. The van der Waals surface area contributed by atoms with Crippen molar-refractivity contribution in [1.82, 2.24) is 34.3 Å². The lowest BCUT2D eigenvalue weighted by molar-refractivity contribution is -0.0482. The monoisotopic (exact) mass is 497 g/mol. The highest BCUT2D eigenvalue weighted by molar-refractivity contribution is 7.17. The Bertz CT molecular complexity index is 1300. The average Bonchev–Trinajstić information content (AvgIpc) is 3.36. The van der Waals surface area contributed by atoms with Crippen LogP contribution in [-0.2, 0) is 11.3 Å². The smallest absolute Gasteiger partial charge is 0.410 e. The summed E-state index contributed by atoms with van der Waals surface area (Å²) in [6, 6.07) is 0.0236. The van der Waals surface area contributed by atoms with E-state index in [0.717, 1.165) is 33.4 Å².